The Kier molecular flexibility index (Phi) is 4.47. The molecule has 0 unspecified atom stereocenters. The molecule has 2 aliphatic rings. The lowest BCUT2D eigenvalue weighted by Crippen LogP contribution is -2.61. The molecule has 19 heavy (non-hydrogen) atoms. The molecule has 0 aromatic heterocycles. The first-order valence-electron chi connectivity index (χ1n) is 6.07. The number of carbonyl (C=O) groups excluding carboxylic acids is 3. The largest absolute Gasteiger partial charge is 0.461 e. The Balaban J connectivity index is 1.84. The molecule has 1 fully saturated rings. The average Bonchev–Trinajstić information content (AvgIpc) is 2.41. The fourth-order valence-electron chi connectivity index (χ4n) is 2.19. The van der Waals surface area contributed by atoms with E-state index in [0.29, 0.717) is 25.9 Å². The summed E-state index contributed by atoms with van der Waals surface area (Å²) in [5, 5.41) is 4.70. The molecule has 1 saturated heterocycles. The zero-order valence-electron chi connectivity index (χ0n) is 10.6. The smallest absolute Gasteiger partial charge is 0.302 e. The summed E-state index contributed by atoms with van der Waals surface area (Å²) in [5.74, 6) is -0.233. The van der Waals surface area contributed by atoms with Crippen LogP contribution in [0.25, 0.3) is 0 Å². The van der Waals surface area contributed by atoms with E-state index in [9.17, 15) is 14.4 Å². The summed E-state index contributed by atoms with van der Waals surface area (Å²) in [6.45, 7) is 2.66. The maximum absolute atomic E-state index is 11.9. The number of hydrogen-bond donors (Lipinski definition) is 1. The monoisotopic (exact) mass is 284 g/mol. The van der Waals surface area contributed by atoms with Crippen LogP contribution in [-0.2, 0) is 19.1 Å². The van der Waals surface area contributed by atoms with Crippen LogP contribution < -0.4 is 5.32 Å². The minimum atomic E-state index is -0.319. The van der Waals surface area contributed by atoms with Crippen molar-refractivity contribution in [3.8, 4) is 0 Å². The highest BCUT2D eigenvalue weighted by molar-refractivity contribution is 8.02. The van der Waals surface area contributed by atoms with Crippen LogP contribution in [0.15, 0.2) is 11.0 Å². The third kappa shape index (κ3) is 3.09. The summed E-state index contributed by atoms with van der Waals surface area (Å²) in [5.41, 5.74) is 0.939. The molecule has 2 amide bonds. The first-order valence-corrected chi connectivity index (χ1v) is 7.02. The normalized spacial score (nSPS) is 25.0. The van der Waals surface area contributed by atoms with Crippen LogP contribution in [0, 0.1) is 5.92 Å². The number of nitrogens with one attached hydrogen (secondary N) is 1. The Morgan fingerprint density at radius 3 is 3.16 bits per heavy atom. The molecule has 104 valence electrons. The number of hydrogen-bond acceptors (Lipinski definition) is 5. The van der Waals surface area contributed by atoms with E-state index in [4.69, 9.17) is 4.74 Å². The minimum absolute atomic E-state index is 0.0241. The van der Waals surface area contributed by atoms with Gasteiger partial charge in [0.1, 0.15) is 6.61 Å². The van der Waals surface area contributed by atoms with Crippen molar-refractivity contribution in [2.75, 3.05) is 19.7 Å². The van der Waals surface area contributed by atoms with E-state index in [1.165, 1.54) is 6.92 Å². The highest BCUT2D eigenvalue weighted by Crippen LogP contribution is 2.41. The van der Waals surface area contributed by atoms with Crippen molar-refractivity contribution in [1.29, 1.82) is 0 Å². The van der Waals surface area contributed by atoms with Gasteiger partial charge in [-0.2, -0.15) is 0 Å². The molecule has 2 heterocycles. The topological polar surface area (TPSA) is 75.7 Å². The van der Waals surface area contributed by atoms with Crippen LogP contribution in [0.2, 0.25) is 0 Å². The van der Waals surface area contributed by atoms with Crippen LogP contribution in [0.1, 0.15) is 13.3 Å². The number of esters is 1. The van der Waals surface area contributed by atoms with Gasteiger partial charge in [-0.3, -0.25) is 14.4 Å². The third-order valence-electron chi connectivity index (χ3n) is 3.14. The summed E-state index contributed by atoms with van der Waals surface area (Å²) >= 11 is 1.58. The number of β-lactam (4-membered cyclic amide) rings is 1. The van der Waals surface area contributed by atoms with Gasteiger partial charge in [0.15, 0.2) is 0 Å². The molecule has 0 radical (unpaired) electrons. The Morgan fingerprint density at radius 2 is 2.47 bits per heavy atom. The molecule has 0 aromatic carbocycles. The summed E-state index contributed by atoms with van der Waals surface area (Å²) in [4.78, 5) is 34.6. The molecule has 2 atom stereocenters. The molecule has 0 aromatic rings. The van der Waals surface area contributed by atoms with Crippen LogP contribution in [0.5, 0.6) is 0 Å². The van der Waals surface area contributed by atoms with E-state index in [-0.39, 0.29) is 29.8 Å². The van der Waals surface area contributed by atoms with Gasteiger partial charge in [-0.15, -0.1) is 11.8 Å². The van der Waals surface area contributed by atoms with Crippen molar-refractivity contribution >= 4 is 30.0 Å². The van der Waals surface area contributed by atoms with Crippen LogP contribution in [0.3, 0.4) is 0 Å². The Labute approximate surface area is 115 Å². The van der Waals surface area contributed by atoms with Gasteiger partial charge in [0.05, 0.1) is 11.3 Å². The van der Waals surface area contributed by atoms with Crippen molar-refractivity contribution in [1.82, 2.24) is 10.2 Å². The second-order valence-electron chi connectivity index (χ2n) is 4.52. The van der Waals surface area contributed by atoms with E-state index in [0.717, 1.165) is 5.57 Å². The van der Waals surface area contributed by atoms with Gasteiger partial charge < -0.3 is 15.0 Å². The molecule has 1 N–H and O–H groups in total. The molecule has 6 nitrogen and oxygen atoms in total. The van der Waals surface area contributed by atoms with E-state index >= 15 is 0 Å². The Bertz CT molecular complexity index is 424. The van der Waals surface area contributed by atoms with Crippen LogP contribution in [-0.4, -0.2) is 48.3 Å². The predicted octanol–water partition coefficient (Wildman–Crippen LogP) is 0.101. The molecule has 0 bridgehead atoms. The average molecular weight is 284 g/mol. The van der Waals surface area contributed by atoms with E-state index < -0.39 is 0 Å². The van der Waals surface area contributed by atoms with Crippen molar-refractivity contribution < 1.29 is 19.1 Å². The molecule has 0 aliphatic carbocycles. The van der Waals surface area contributed by atoms with Gasteiger partial charge in [0, 0.05) is 20.0 Å². The standard InChI is InChI=1S/C12H16N2O4S/c1-8(16)18-5-9-4-14-11(17)10(2-3-13-7-15)12(14)19-6-9/h6-7,10,12H,2-5H2,1H3,(H,13,15)/t10-,12-/m1/s1. The highest BCUT2D eigenvalue weighted by atomic mass is 32.2. The van der Waals surface area contributed by atoms with Crippen LogP contribution in [0.4, 0.5) is 0 Å². The summed E-state index contributed by atoms with van der Waals surface area (Å²) < 4.78 is 4.92. The zero-order valence-corrected chi connectivity index (χ0v) is 11.4. The van der Waals surface area contributed by atoms with Crippen molar-refractivity contribution in [3.05, 3.63) is 11.0 Å². The number of carbonyl (C=O) groups is 3. The molecule has 0 spiro atoms. The van der Waals surface area contributed by atoms with E-state index in [2.05, 4.69) is 5.32 Å². The fraction of sp³-hybridized carbons (Fsp3) is 0.583. The lowest BCUT2D eigenvalue weighted by Gasteiger charge is -2.48. The van der Waals surface area contributed by atoms with Gasteiger partial charge in [0.2, 0.25) is 12.3 Å². The second-order valence-corrected chi connectivity index (χ2v) is 5.51. The first kappa shape index (κ1) is 13.9. The summed E-state index contributed by atoms with van der Waals surface area (Å²) in [6, 6.07) is 0. The number of fused-ring (bicyclic) bond motifs is 1. The first-order chi connectivity index (χ1) is 9.13. The molecule has 7 heteroatoms. The Hall–Kier alpha value is -1.50. The number of thioether (sulfide) groups is 1. The van der Waals surface area contributed by atoms with Gasteiger partial charge >= 0.3 is 5.97 Å². The second kappa shape index (κ2) is 6.10. The maximum Gasteiger partial charge on any atom is 0.302 e. The molecule has 0 saturated carbocycles. The van der Waals surface area contributed by atoms with Gasteiger partial charge in [-0.25, -0.2) is 0 Å². The number of amides is 2. The molecule has 2 rings (SSSR count). The number of ether oxygens (including phenoxy) is 1. The Morgan fingerprint density at radius 1 is 1.68 bits per heavy atom. The SMILES string of the molecule is CC(=O)OCC1=CS[C@@H]2[C@H](CCNC=O)C(=O)N2C1. The molecular weight excluding hydrogens is 268 g/mol. The van der Waals surface area contributed by atoms with Gasteiger partial charge in [-0.1, -0.05) is 0 Å². The van der Waals surface area contributed by atoms with Crippen molar-refractivity contribution in [3.63, 3.8) is 0 Å². The van der Waals surface area contributed by atoms with Gasteiger partial charge in [-0.05, 0) is 17.4 Å². The lowest BCUT2D eigenvalue weighted by molar-refractivity contribution is -0.150. The fourth-order valence-corrected chi connectivity index (χ4v) is 3.43. The minimum Gasteiger partial charge on any atom is -0.461 e. The molecule has 2 aliphatic heterocycles. The zero-order chi connectivity index (χ0) is 13.8. The number of nitrogens with zero attached hydrogens (tertiary/aromatic N) is 1. The van der Waals surface area contributed by atoms with Crippen molar-refractivity contribution in [2.24, 2.45) is 5.92 Å². The maximum atomic E-state index is 11.9. The summed E-state index contributed by atoms with van der Waals surface area (Å²) in [6.07, 6.45) is 1.31. The van der Waals surface area contributed by atoms with Crippen LogP contribution >= 0.6 is 11.8 Å². The van der Waals surface area contributed by atoms with E-state index in [1.807, 2.05) is 5.41 Å². The van der Waals surface area contributed by atoms with Gasteiger partial charge in [0.25, 0.3) is 0 Å². The summed E-state index contributed by atoms with van der Waals surface area (Å²) in [7, 11) is 0. The van der Waals surface area contributed by atoms with E-state index in [1.54, 1.807) is 16.7 Å². The molecular formula is C12H16N2O4S. The third-order valence-corrected chi connectivity index (χ3v) is 4.47. The number of rotatable bonds is 6. The highest BCUT2D eigenvalue weighted by Gasteiger charge is 2.48. The van der Waals surface area contributed by atoms with Crippen molar-refractivity contribution in [2.45, 2.75) is 18.7 Å². The quantitative estimate of drug-likeness (QED) is 0.324. The lowest BCUT2D eigenvalue weighted by atomic mass is 9.93. The predicted molar refractivity (Wildman–Crippen MR) is 70.0 cm³/mol.